The Morgan fingerprint density at radius 1 is 1.23 bits per heavy atom. The van der Waals surface area contributed by atoms with Crippen LogP contribution in [0.4, 0.5) is 15.8 Å². The number of halogens is 1. The molecule has 0 saturated carbocycles. The van der Waals surface area contributed by atoms with Crippen molar-refractivity contribution in [2.75, 3.05) is 16.2 Å². The summed E-state index contributed by atoms with van der Waals surface area (Å²) in [6.45, 7) is 2.31. The highest BCUT2D eigenvalue weighted by molar-refractivity contribution is 7.92. The molecule has 1 aromatic heterocycles. The van der Waals surface area contributed by atoms with Crippen molar-refractivity contribution < 1.29 is 17.6 Å². The Balaban J connectivity index is 1.64. The quantitative estimate of drug-likeness (QED) is 0.600. The lowest BCUT2D eigenvalue weighted by Gasteiger charge is -2.31. The number of amides is 1. The van der Waals surface area contributed by atoms with Gasteiger partial charge in [0.25, 0.3) is 15.9 Å². The molecular formula is C21H21FN4O3S2. The number of nitrogens with zero attached hydrogens (tertiary/aromatic N) is 3. The van der Waals surface area contributed by atoms with Crippen molar-refractivity contribution in [2.24, 2.45) is 0 Å². The standard InChI is InChI=1S/C21H21FN4O3S2/c1-2-4-18-20(30-25-24-18)21(27)23-16-9-6-14-5-3-12-26(19(14)13-16)31(28,29)17-10-7-15(22)8-11-17/h6-11,13H,2-5,12H2,1H3,(H,23,27). The van der Waals surface area contributed by atoms with Crippen LogP contribution in [0.15, 0.2) is 47.4 Å². The highest BCUT2D eigenvalue weighted by atomic mass is 32.2. The molecule has 1 amide bonds. The zero-order valence-corrected chi connectivity index (χ0v) is 18.5. The molecule has 1 aliphatic rings. The second-order valence-corrected chi connectivity index (χ2v) is 9.85. The maximum Gasteiger partial charge on any atom is 0.269 e. The average Bonchev–Trinajstić information content (AvgIpc) is 3.22. The monoisotopic (exact) mass is 460 g/mol. The van der Waals surface area contributed by atoms with E-state index in [9.17, 15) is 17.6 Å². The van der Waals surface area contributed by atoms with E-state index < -0.39 is 15.8 Å². The number of benzene rings is 2. The number of anilines is 2. The number of hydrogen-bond acceptors (Lipinski definition) is 6. The Labute approximate surface area is 184 Å². The molecule has 7 nitrogen and oxygen atoms in total. The van der Waals surface area contributed by atoms with E-state index in [4.69, 9.17) is 0 Å². The highest BCUT2D eigenvalue weighted by Crippen LogP contribution is 2.34. The summed E-state index contributed by atoms with van der Waals surface area (Å²) in [5.74, 6) is -0.815. The molecule has 0 bridgehead atoms. The lowest BCUT2D eigenvalue weighted by molar-refractivity contribution is 0.102. The van der Waals surface area contributed by atoms with Crippen LogP contribution in [0.25, 0.3) is 0 Å². The maximum absolute atomic E-state index is 13.3. The van der Waals surface area contributed by atoms with Crippen LogP contribution in [0.3, 0.4) is 0 Å². The Morgan fingerprint density at radius 3 is 2.74 bits per heavy atom. The molecular weight excluding hydrogens is 439 g/mol. The molecule has 1 aliphatic heterocycles. The number of hydrogen-bond donors (Lipinski definition) is 1. The van der Waals surface area contributed by atoms with Gasteiger partial charge in [0.1, 0.15) is 10.7 Å². The minimum atomic E-state index is -3.86. The normalized spacial score (nSPS) is 13.7. The molecule has 0 saturated heterocycles. The van der Waals surface area contributed by atoms with E-state index in [-0.39, 0.29) is 10.8 Å². The molecule has 2 aromatic carbocycles. The van der Waals surface area contributed by atoms with Crippen LogP contribution in [0.1, 0.15) is 40.7 Å². The molecule has 2 heterocycles. The molecule has 3 aromatic rings. The Kier molecular flexibility index (Phi) is 6.01. The molecule has 0 unspecified atom stereocenters. The van der Waals surface area contributed by atoms with Crippen LogP contribution >= 0.6 is 11.5 Å². The molecule has 0 atom stereocenters. The molecule has 0 radical (unpaired) electrons. The zero-order valence-electron chi connectivity index (χ0n) is 16.8. The second kappa shape index (κ2) is 8.72. The van der Waals surface area contributed by atoms with E-state index in [0.29, 0.717) is 41.3 Å². The van der Waals surface area contributed by atoms with Crippen LogP contribution in [0.2, 0.25) is 0 Å². The number of fused-ring (bicyclic) bond motifs is 1. The first kappa shape index (κ1) is 21.4. The van der Waals surface area contributed by atoms with Gasteiger partial charge in [-0.25, -0.2) is 12.8 Å². The molecule has 162 valence electrons. The van der Waals surface area contributed by atoms with Crippen LogP contribution < -0.4 is 9.62 Å². The summed E-state index contributed by atoms with van der Waals surface area (Å²) in [4.78, 5) is 13.2. The number of carbonyl (C=O) groups is 1. The fraction of sp³-hybridized carbons (Fsp3) is 0.286. The minimum absolute atomic E-state index is 0.0242. The van der Waals surface area contributed by atoms with Gasteiger partial charge >= 0.3 is 0 Å². The van der Waals surface area contributed by atoms with Gasteiger partial charge in [-0.05, 0) is 72.8 Å². The van der Waals surface area contributed by atoms with Crippen molar-refractivity contribution in [3.8, 4) is 0 Å². The van der Waals surface area contributed by atoms with E-state index in [1.807, 2.05) is 13.0 Å². The van der Waals surface area contributed by atoms with E-state index in [2.05, 4.69) is 14.9 Å². The summed E-state index contributed by atoms with van der Waals surface area (Å²) in [7, 11) is -3.86. The molecule has 0 fully saturated rings. The fourth-order valence-electron chi connectivity index (χ4n) is 3.57. The van der Waals surface area contributed by atoms with Crippen LogP contribution in [-0.2, 0) is 22.9 Å². The predicted octanol–water partition coefficient (Wildman–Crippen LogP) is 4.02. The third kappa shape index (κ3) is 4.31. The maximum atomic E-state index is 13.3. The van der Waals surface area contributed by atoms with Gasteiger partial charge in [0.2, 0.25) is 0 Å². The van der Waals surface area contributed by atoms with Gasteiger partial charge in [-0.15, -0.1) is 5.10 Å². The first-order chi connectivity index (χ1) is 14.9. The summed E-state index contributed by atoms with van der Waals surface area (Å²) in [5, 5.41) is 6.85. The average molecular weight is 461 g/mol. The molecule has 4 rings (SSSR count). The zero-order chi connectivity index (χ0) is 22.0. The van der Waals surface area contributed by atoms with Gasteiger partial charge in [0.05, 0.1) is 16.3 Å². The number of sulfonamides is 1. The Hall–Kier alpha value is -2.85. The Bertz CT molecular complexity index is 1210. The van der Waals surface area contributed by atoms with Gasteiger partial charge < -0.3 is 5.32 Å². The highest BCUT2D eigenvalue weighted by Gasteiger charge is 2.29. The number of carbonyl (C=O) groups excluding carboxylic acids is 1. The third-order valence-corrected chi connectivity index (χ3v) is 7.66. The number of aryl methyl sites for hydroxylation is 2. The first-order valence-corrected chi connectivity index (χ1v) is 12.2. The van der Waals surface area contributed by atoms with Crippen molar-refractivity contribution in [2.45, 2.75) is 37.5 Å². The molecule has 1 N–H and O–H groups in total. The number of aromatic nitrogens is 2. The van der Waals surface area contributed by atoms with Gasteiger partial charge in [0.15, 0.2) is 0 Å². The van der Waals surface area contributed by atoms with E-state index in [1.165, 1.54) is 16.4 Å². The van der Waals surface area contributed by atoms with E-state index in [1.54, 1.807) is 12.1 Å². The second-order valence-electron chi connectivity index (χ2n) is 7.23. The lowest BCUT2D eigenvalue weighted by Crippen LogP contribution is -2.35. The van der Waals surface area contributed by atoms with E-state index in [0.717, 1.165) is 42.1 Å². The molecule has 0 aliphatic carbocycles. The Morgan fingerprint density at radius 2 is 2.00 bits per heavy atom. The van der Waals surface area contributed by atoms with Gasteiger partial charge in [-0.2, -0.15) is 0 Å². The van der Waals surface area contributed by atoms with Gasteiger partial charge in [0, 0.05) is 12.2 Å². The van der Waals surface area contributed by atoms with Crippen LogP contribution in [0.5, 0.6) is 0 Å². The minimum Gasteiger partial charge on any atom is -0.321 e. The first-order valence-electron chi connectivity index (χ1n) is 9.94. The smallest absolute Gasteiger partial charge is 0.269 e. The predicted molar refractivity (Wildman–Crippen MR) is 118 cm³/mol. The van der Waals surface area contributed by atoms with Crippen molar-refractivity contribution in [3.63, 3.8) is 0 Å². The van der Waals surface area contributed by atoms with Crippen LogP contribution in [-0.4, -0.2) is 30.5 Å². The largest absolute Gasteiger partial charge is 0.321 e. The van der Waals surface area contributed by atoms with Gasteiger partial charge in [-0.3, -0.25) is 9.10 Å². The topological polar surface area (TPSA) is 92.3 Å². The SMILES string of the molecule is CCCc1nnsc1C(=O)Nc1ccc2c(c1)N(S(=O)(=O)c1ccc(F)cc1)CCC2. The van der Waals surface area contributed by atoms with Crippen molar-refractivity contribution in [3.05, 3.63) is 64.4 Å². The number of rotatable bonds is 6. The molecule has 10 heteroatoms. The lowest BCUT2D eigenvalue weighted by atomic mass is 10.0. The summed E-state index contributed by atoms with van der Waals surface area (Å²) >= 11 is 1.04. The fourth-order valence-corrected chi connectivity index (χ4v) is 5.71. The van der Waals surface area contributed by atoms with Crippen LogP contribution in [0, 0.1) is 5.82 Å². The van der Waals surface area contributed by atoms with Crippen molar-refractivity contribution in [1.29, 1.82) is 0 Å². The third-order valence-electron chi connectivity index (χ3n) is 5.07. The summed E-state index contributed by atoms with van der Waals surface area (Å²) in [6, 6.07) is 10.0. The summed E-state index contributed by atoms with van der Waals surface area (Å²) in [5.41, 5.74) is 2.54. The van der Waals surface area contributed by atoms with Crippen molar-refractivity contribution in [1.82, 2.24) is 9.59 Å². The van der Waals surface area contributed by atoms with E-state index >= 15 is 0 Å². The molecule has 31 heavy (non-hydrogen) atoms. The number of nitrogens with one attached hydrogen (secondary N) is 1. The summed E-state index contributed by atoms with van der Waals surface area (Å²) < 4.78 is 44.9. The van der Waals surface area contributed by atoms with Gasteiger partial charge in [-0.1, -0.05) is 23.9 Å². The van der Waals surface area contributed by atoms with Crippen molar-refractivity contribution >= 4 is 38.8 Å². The molecule has 0 spiro atoms. The summed E-state index contributed by atoms with van der Waals surface area (Å²) in [6.07, 6.45) is 2.92.